The zero-order valence-electron chi connectivity index (χ0n) is 9.37. The van der Waals surface area contributed by atoms with Crippen molar-refractivity contribution in [2.75, 3.05) is 0 Å². The van der Waals surface area contributed by atoms with E-state index in [1.807, 2.05) is 4.98 Å². The first-order chi connectivity index (χ1) is 8.62. The van der Waals surface area contributed by atoms with Crippen LogP contribution in [0.3, 0.4) is 0 Å². The van der Waals surface area contributed by atoms with Crippen LogP contribution in [0, 0.1) is 5.92 Å². The van der Waals surface area contributed by atoms with Crippen LogP contribution in [-0.2, 0) is 18.8 Å². The molecule has 1 aromatic heterocycles. The molecular formula is C10H9F7N2. The molecule has 19 heavy (non-hydrogen) atoms. The summed E-state index contributed by atoms with van der Waals surface area (Å²) in [6.45, 7) is 0. The van der Waals surface area contributed by atoms with Gasteiger partial charge in [0.15, 0.2) is 5.82 Å². The lowest BCUT2D eigenvalue weighted by atomic mass is 9.89. The predicted molar refractivity (Wildman–Crippen MR) is 50.1 cm³/mol. The lowest BCUT2D eigenvalue weighted by Crippen LogP contribution is -2.28. The summed E-state index contributed by atoms with van der Waals surface area (Å²) >= 11 is 0. The van der Waals surface area contributed by atoms with Crippen molar-refractivity contribution >= 4 is 0 Å². The van der Waals surface area contributed by atoms with Crippen LogP contribution >= 0.6 is 0 Å². The number of nitrogens with zero attached hydrogens (tertiary/aromatic N) is 1. The van der Waals surface area contributed by atoms with Gasteiger partial charge in [-0.05, 0) is 12.8 Å². The Kier molecular flexibility index (Phi) is 3.26. The maximum atomic E-state index is 13.0. The fourth-order valence-electron chi connectivity index (χ4n) is 2.02. The highest BCUT2D eigenvalue weighted by Gasteiger charge is 2.48. The van der Waals surface area contributed by atoms with E-state index < -0.39 is 36.7 Å². The van der Waals surface area contributed by atoms with Gasteiger partial charge >= 0.3 is 18.5 Å². The Morgan fingerprint density at radius 1 is 1.16 bits per heavy atom. The lowest BCUT2D eigenvalue weighted by Gasteiger charge is -2.23. The molecule has 0 saturated carbocycles. The van der Waals surface area contributed by atoms with E-state index in [1.54, 1.807) is 0 Å². The monoisotopic (exact) mass is 290 g/mol. The van der Waals surface area contributed by atoms with Gasteiger partial charge in [0.1, 0.15) is 0 Å². The summed E-state index contributed by atoms with van der Waals surface area (Å²) in [5.74, 6) is -7.41. The summed E-state index contributed by atoms with van der Waals surface area (Å²) in [4.78, 5) is 5.22. The molecule has 0 aromatic carbocycles. The quantitative estimate of drug-likeness (QED) is 0.830. The highest BCUT2D eigenvalue weighted by Crippen LogP contribution is 2.39. The maximum absolute atomic E-state index is 13.0. The number of H-pyrrole nitrogens is 1. The van der Waals surface area contributed by atoms with E-state index in [2.05, 4.69) is 4.98 Å². The van der Waals surface area contributed by atoms with Crippen LogP contribution in [-0.4, -0.2) is 22.6 Å². The second kappa shape index (κ2) is 4.38. The summed E-state index contributed by atoms with van der Waals surface area (Å²) in [5, 5.41) is 0. The number of aryl methyl sites for hydroxylation is 1. The van der Waals surface area contributed by atoms with Gasteiger partial charge in [-0.2, -0.15) is 22.0 Å². The Bertz CT molecular complexity index is 463. The minimum absolute atomic E-state index is 0.0100. The number of imidazole rings is 1. The minimum Gasteiger partial charge on any atom is -0.340 e. The van der Waals surface area contributed by atoms with Crippen LogP contribution < -0.4 is 0 Å². The molecule has 2 rings (SSSR count). The Morgan fingerprint density at radius 2 is 1.79 bits per heavy atom. The van der Waals surface area contributed by atoms with Gasteiger partial charge in [-0.3, -0.25) is 0 Å². The minimum atomic E-state index is -4.48. The number of aromatic amines is 1. The third kappa shape index (κ3) is 2.55. The van der Waals surface area contributed by atoms with Crippen LogP contribution in [0.25, 0.3) is 0 Å². The van der Waals surface area contributed by atoms with Crippen LogP contribution in [0.4, 0.5) is 30.7 Å². The van der Waals surface area contributed by atoms with E-state index in [0.717, 1.165) is 0 Å². The summed E-state index contributed by atoms with van der Waals surface area (Å²) in [7, 11) is 0. The fourth-order valence-corrected chi connectivity index (χ4v) is 2.02. The van der Waals surface area contributed by atoms with Gasteiger partial charge in [0.2, 0.25) is 0 Å². The number of halogens is 7. The number of fused-ring (bicyclic) bond motifs is 1. The molecule has 1 N–H and O–H groups in total. The van der Waals surface area contributed by atoms with E-state index in [1.165, 1.54) is 0 Å². The van der Waals surface area contributed by atoms with Gasteiger partial charge in [0.25, 0.3) is 0 Å². The molecule has 0 aliphatic heterocycles. The van der Waals surface area contributed by atoms with Crippen LogP contribution in [0.1, 0.15) is 23.6 Å². The molecule has 0 bridgehead atoms. The number of alkyl halides is 7. The molecule has 1 aliphatic rings. The molecule has 0 amide bonds. The van der Waals surface area contributed by atoms with E-state index in [0.29, 0.717) is 0 Å². The Morgan fingerprint density at radius 3 is 2.32 bits per heavy atom. The maximum Gasteiger partial charge on any atom is 0.392 e. The molecular weight excluding hydrogens is 281 g/mol. The number of aromatic nitrogens is 2. The van der Waals surface area contributed by atoms with Crippen molar-refractivity contribution in [1.29, 1.82) is 0 Å². The van der Waals surface area contributed by atoms with Gasteiger partial charge in [-0.1, -0.05) is 0 Å². The predicted octanol–water partition coefficient (Wildman–Crippen LogP) is 3.43. The van der Waals surface area contributed by atoms with Crippen molar-refractivity contribution in [1.82, 2.24) is 9.97 Å². The molecule has 1 aromatic rings. The van der Waals surface area contributed by atoms with Crippen LogP contribution in [0.2, 0.25) is 0 Å². The number of nitrogens with one attached hydrogen (secondary N) is 1. The summed E-state index contributed by atoms with van der Waals surface area (Å²) in [6, 6.07) is 0. The zero-order valence-corrected chi connectivity index (χ0v) is 9.37. The molecule has 9 heteroatoms. The third-order valence-electron chi connectivity index (χ3n) is 3.10. The number of hydrogen-bond acceptors (Lipinski definition) is 1. The average Bonchev–Trinajstić information content (AvgIpc) is 2.70. The smallest absolute Gasteiger partial charge is 0.340 e. The number of hydrogen-bond donors (Lipinski definition) is 1. The van der Waals surface area contributed by atoms with E-state index in [-0.39, 0.29) is 24.2 Å². The van der Waals surface area contributed by atoms with E-state index in [9.17, 15) is 30.7 Å². The van der Waals surface area contributed by atoms with Crippen molar-refractivity contribution in [3.63, 3.8) is 0 Å². The molecule has 1 heterocycles. The molecule has 1 atom stereocenters. The fraction of sp³-hybridized carbons (Fsp3) is 0.700. The van der Waals surface area contributed by atoms with E-state index >= 15 is 0 Å². The normalized spacial score (nSPS) is 20.7. The largest absolute Gasteiger partial charge is 0.392 e. The summed E-state index contributed by atoms with van der Waals surface area (Å²) < 4.78 is 87.8. The second-order valence-electron chi connectivity index (χ2n) is 4.42. The summed E-state index contributed by atoms with van der Waals surface area (Å²) in [5.41, 5.74) is -0.125. The number of rotatable bonds is 2. The molecule has 0 fully saturated rings. The van der Waals surface area contributed by atoms with Crippen molar-refractivity contribution < 1.29 is 30.7 Å². The van der Waals surface area contributed by atoms with Crippen molar-refractivity contribution in [3.8, 4) is 0 Å². The average molecular weight is 290 g/mol. The molecule has 108 valence electrons. The van der Waals surface area contributed by atoms with Crippen LogP contribution in [0.5, 0.6) is 0 Å². The van der Waals surface area contributed by atoms with Gasteiger partial charge in [-0.15, -0.1) is 0 Å². The SMILES string of the molecule is FC(F)C(F)(F)c1nc2c([nH]1)CC(C(F)(F)F)CC2. The van der Waals surface area contributed by atoms with Gasteiger partial charge in [0, 0.05) is 12.1 Å². The van der Waals surface area contributed by atoms with Crippen LogP contribution in [0.15, 0.2) is 0 Å². The topological polar surface area (TPSA) is 28.7 Å². The molecule has 2 nitrogen and oxygen atoms in total. The lowest BCUT2D eigenvalue weighted by molar-refractivity contribution is -0.177. The molecule has 0 radical (unpaired) electrons. The Balaban J connectivity index is 2.27. The van der Waals surface area contributed by atoms with Crippen molar-refractivity contribution in [2.24, 2.45) is 5.92 Å². The molecule has 1 aliphatic carbocycles. The summed E-state index contributed by atoms with van der Waals surface area (Å²) in [6.07, 6.45) is -9.37. The first kappa shape index (κ1) is 14.1. The highest BCUT2D eigenvalue weighted by molar-refractivity contribution is 5.21. The molecule has 1 unspecified atom stereocenters. The Labute approximate surface area is 103 Å². The van der Waals surface area contributed by atoms with Crippen molar-refractivity contribution in [2.45, 2.75) is 37.8 Å². The standard InChI is InChI=1S/C10H9F7N2/c11-7(12)9(13,14)8-18-5-2-1-4(10(15,16)17)3-6(5)19-8/h4,7H,1-3H2,(H,18,19). The zero-order chi connectivity index (χ0) is 14.4. The first-order valence-corrected chi connectivity index (χ1v) is 5.43. The second-order valence-corrected chi connectivity index (χ2v) is 4.42. The highest BCUT2D eigenvalue weighted by atomic mass is 19.4. The first-order valence-electron chi connectivity index (χ1n) is 5.43. The third-order valence-corrected chi connectivity index (χ3v) is 3.10. The van der Waals surface area contributed by atoms with Crippen molar-refractivity contribution in [3.05, 3.63) is 17.2 Å². The molecule has 0 spiro atoms. The van der Waals surface area contributed by atoms with E-state index in [4.69, 9.17) is 0 Å². The molecule has 0 saturated heterocycles. The van der Waals surface area contributed by atoms with Gasteiger partial charge in [0.05, 0.1) is 11.6 Å². The van der Waals surface area contributed by atoms with Gasteiger partial charge in [-0.25, -0.2) is 13.8 Å². The Hall–Kier alpha value is -1.28. The van der Waals surface area contributed by atoms with Gasteiger partial charge < -0.3 is 4.98 Å².